The Balaban J connectivity index is 2.06. The van der Waals surface area contributed by atoms with Gasteiger partial charge in [0.1, 0.15) is 6.04 Å². The first-order valence-electron chi connectivity index (χ1n) is 8.80. The molecule has 1 aromatic carbocycles. The molecule has 0 saturated heterocycles. The predicted molar refractivity (Wildman–Crippen MR) is 94.4 cm³/mol. The van der Waals surface area contributed by atoms with Crippen molar-refractivity contribution in [1.29, 1.82) is 0 Å². The number of carbonyl (C=O) groups excluding carboxylic acids is 1. The maximum atomic E-state index is 12.8. The lowest BCUT2D eigenvalue weighted by molar-refractivity contribution is -0.119. The third-order valence-electron chi connectivity index (χ3n) is 4.28. The molecule has 1 atom stereocenters. The largest absolute Gasteiger partial charge is 0.372 e. The summed E-state index contributed by atoms with van der Waals surface area (Å²) >= 11 is 0. The molecule has 0 radical (unpaired) electrons. The summed E-state index contributed by atoms with van der Waals surface area (Å²) in [5.41, 5.74) is 2.14. The highest BCUT2D eigenvalue weighted by Crippen LogP contribution is 2.33. The van der Waals surface area contributed by atoms with E-state index in [4.69, 9.17) is 0 Å². The van der Waals surface area contributed by atoms with E-state index in [2.05, 4.69) is 38.2 Å². The minimum Gasteiger partial charge on any atom is -0.372 e. The number of carbonyl (C=O) groups is 1. The maximum Gasteiger partial charge on any atom is 0.249 e. The van der Waals surface area contributed by atoms with Crippen LogP contribution in [0.3, 0.4) is 0 Å². The standard InChI is InChI=1S/C19H30N2O/c1-4-5-6-7-10-13-21-18-12-9-8-11-16(18)20-17(19(21)22)14-15(2)3/h8-9,11-12,15,17,20H,4-7,10,13-14H2,1-3H3. The lowest BCUT2D eigenvalue weighted by Crippen LogP contribution is -2.48. The predicted octanol–water partition coefficient (Wildman–Crippen LogP) is 4.83. The molecule has 1 aromatic rings. The van der Waals surface area contributed by atoms with Crippen molar-refractivity contribution in [3.05, 3.63) is 24.3 Å². The Kier molecular flexibility index (Phi) is 6.29. The van der Waals surface area contributed by atoms with E-state index in [1.54, 1.807) is 0 Å². The zero-order chi connectivity index (χ0) is 15.9. The number of unbranched alkanes of at least 4 members (excludes halogenated alkanes) is 4. The number of hydrogen-bond donors (Lipinski definition) is 1. The molecule has 3 nitrogen and oxygen atoms in total. The first-order valence-corrected chi connectivity index (χ1v) is 8.80. The van der Waals surface area contributed by atoms with Gasteiger partial charge in [0, 0.05) is 6.54 Å². The van der Waals surface area contributed by atoms with Gasteiger partial charge in [0.05, 0.1) is 11.4 Å². The Bertz CT molecular complexity index is 484. The molecule has 1 unspecified atom stereocenters. The van der Waals surface area contributed by atoms with Gasteiger partial charge in [0.15, 0.2) is 0 Å². The average Bonchev–Trinajstić information content (AvgIpc) is 2.49. The molecule has 1 heterocycles. The van der Waals surface area contributed by atoms with Gasteiger partial charge >= 0.3 is 0 Å². The molecule has 0 fully saturated rings. The summed E-state index contributed by atoms with van der Waals surface area (Å²) in [4.78, 5) is 14.8. The van der Waals surface area contributed by atoms with Gasteiger partial charge in [-0.1, -0.05) is 58.6 Å². The van der Waals surface area contributed by atoms with Gasteiger partial charge in [0.2, 0.25) is 5.91 Å². The van der Waals surface area contributed by atoms with Crippen LogP contribution in [0, 0.1) is 5.92 Å². The Morgan fingerprint density at radius 1 is 1.14 bits per heavy atom. The third-order valence-corrected chi connectivity index (χ3v) is 4.28. The molecule has 0 aromatic heterocycles. The van der Waals surface area contributed by atoms with Gasteiger partial charge in [-0.3, -0.25) is 4.79 Å². The zero-order valence-corrected chi connectivity index (χ0v) is 14.3. The van der Waals surface area contributed by atoms with Crippen molar-refractivity contribution in [3.8, 4) is 0 Å². The molecule has 3 heteroatoms. The summed E-state index contributed by atoms with van der Waals surface area (Å²) < 4.78 is 0. The Hall–Kier alpha value is -1.51. The van der Waals surface area contributed by atoms with E-state index in [1.165, 1.54) is 25.7 Å². The Morgan fingerprint density at radius 2 is 1.86 bits per heavy atom. The molecule has 122 valence electrons. The molecule has 22 heavy (non-hydrogen) atoms. The molecule has 0 spiro atoms. The molecule has 0 aliphatic carbocycles. The Labute approximate surface area is 135 Å². The molecule has 0 saturated carbocycles. The van der Waals surface area contributed by atoms with Gasteiger partial charge < -0.3 is 10.2 Å². The van der Waals surface area contributed by atoms with Crippen molar-refractivity contribution in [2.24, 2.45) is 5.92 Å². The minimum atomic E-state index is -0.0782. The van der Waals surface area contributed by atoms with Crippen LogP contribution in [-0.2, 0) is 4.79 Å². The van der Waals surface area contributed by atoms with Crippen LogP contribution < -0.4 is 10.2 Å². The molecule has 1 N–H and O–H groups in total. The van der Waals surface area contributed by atoms with Crippen molar-refractivity contribution in [2.75, 3.05) is 16.8 Å². The normalized spacial score (nSPS) is 17.5. The van der Waals surface area contributed by atoms with Crippen molar-refractivity contribution < 1.29 is 4.79 Å². The number of rotatable bonds is 8. The van der Waals surface area contributed by atoms with E-state index in [0.29, 0.717) is 5.92 Å². The van der Waals surface area contributed by atoms with Crippen LogP contribution in [0.4, 0.5) is 11.4 Å². The first kappa shape index (κ1) is 16.9. The first-order chi connectivity index (χ1) is 10.6. The molecule has 1 aliphatic heterocycles. The van der Waals surface area contributed by atoms with E-state index in [1.807, 2.05) is 17.0 Å². The fourth-order valence-corrected chi connectivity index (χ4v) is 3.12. The van der Waals surface area contributed by atoms with Crippen LogP contribution in [0.5, 0.6) is 0 Å². The number of amides is 1. The molecular formula is C19H30N2O. The summed E-state index contributed by atoms with van der Waals surface area (Å²) in [5, 5.41) is 3.43. The fourth-order valence-electron chi connectivity index (χ4n) is 3.12. The topological polar surface area (TPSA) is 32.3 Å². The van der Waals surface area contributed by atoms with E-state index >= 15 is 0 Å². The van der Waals surface area contributed by atoms with Crippen LogP contribution in [0.15, 0.2) is 24.3 Å². The highest BCUT2D eigenvalue weighted by atomic mass is 16.2. The third kappa shape index (κ3) is 4.25. The van der Waals surface area contributed by atoms with Gasteiger partial charge in [-0.15, -0.1) is 0 Å². The number of anilines is 2. The van der Waals surface area contributed by atoms with E-state index in [9.17, 15) is 4.79 Å². The quantitative estimate of drug-likeness (QED) is 0.698. The summed E-state index contributed by atoms with van der Waals surface area (Å²) in [5.74, 6) is 0.751. The van der Waals surface area contributed by atoms with Crippen molar-refractivity contribution in [3.63, 3.8) is 0 Å². The average molecular weight is 302 g/mol. The second kappa shape index (κ2) is 8.21. The van der Waals surface area contributed by atoms with Gasteiger partial charge in [-0.2, -0.15) is 0 Å². The lowest BCUT2D eigenvalue weighted by atomic mass is 9.99. The summed E-state index contributed by atoms with van der Waals surface area (Å²) in [6.07, 6.45) is 7.01. The fraction of sp³-hybridized carbons (Fsp3) is 0.632. The number of nitrogens with one attached hydrogen (secondary N) is 1. The number of para-hydroxylation sites is 2. The van der Waals surface area contributed by atoms with Crippen molar-refractivity contribution in [1.82, 2.24) is 0 Å². The van der Waals surface area contributed by atoms with E-state index in [0.717, 1.165) is 30.8 Å². The monoisotopic (exact) mass is 302 g/mol. The molecular weight excluding hydrogens is 272 g/mol. The van der Waals surface area contributed by atoms with Gasteiger partial charge in [-0.25, -0.2) is 0 Å². The SMILES string of the molecule is CCCCCCCN1C(=O)C(CC(C)C)Nc2ccccc21. The number of fused-ring (bicyclic) bond motifs is 1. The molecule has 0 bridgehead atoms. The summed E-state index contributed by atoms with van der Waals surface area (Å²) in [6, 6.07) is 8.11. The van der Waals surface area contributed by atoms with Gasteiger partial charge in [0.25, 0.3) is 0 Å². The molecule has 1 aliphatic rings. The number of benzene rings is 1. The van der Waals surface area contributed by atoms with Crippen LogP contribution in [0.1, 0.15) is 59.3 Å². The highest BCUT2D eigenvalue weighted by Gasteiger charge is 2.31. The second-order valence-electron chi connectivity index (χ2n) is 6.75. The van der Waals surface area contributed by atoms with E-state index < -0.39 is 0 Å². The summed E-state index contributed by atoms with van der Waals surface area (Å²) in [7, 11) is 0. The van der Waals surface area contributed by atoms with Crippen molar-refractivity contribution in [2.45, 2.75) is 65.3 Å². The Morgan fingerprint density at radius 3 is 2.59 bits per heavy atom. The lowest BCUT2D eigenvalue weighted by Gasteiger charge is -2.36. The smallest absolute Gasteiger partial charge is 0.249 e. The minimum absolute atomic E-state index is 0.0782. The number of hydrogen-bond acceptors (Lipinski definition) is 2. The van der Waals surface area contributed by atoms with Crippen LogP contribution in [0.2, 0.25) is 0 Å². The summed E-state index contributed by atoms with van der Waals surface area (Å²) in [6.45, 7) is 7.41. The molecule has 1 amide bonds. The number of nitrogens with zero attached hydrogens (tertiary/aromatic N) is 1. The van der Waals surface area contributed by atoms with Crippen LogP contribution >= 0.6 is 0 Å². The zero-order valence-electron chi connectivity index (χ0n) is 14.3. The van der Waals surface area contributed by atoms with Crippen LogP contribution in [-0.4, -0.2) is 18.5 Å². The van der Waals surface area contributed by atoms with Crippen LogP contribution in [0.25, 0.3) is 0 Å². The maximum absolute atomic E-state index is 12.8. The van der Waals surface area contributed by atoms with Gasteiger partial charge in [-0.05, 0) is 30.9 Å². The highest BCUT2D eigenvalue weighted by molar-refractivity contribution is 6.04. The second-order valence-corrected chi connectivity index (χ2v) is 6.75. The van der Waals surface area contributed by atoms with E-state index in [-0.39, 0.29) is 11.9 Å². The molecule has 2 rings (SSSR count). The van der Waals surface area contributed by atoms with Crippen molar-refractivity contribution >= 4 is 17.3 Å².